The van der Waals surface area contributed by atoms with E-state index in [2.05, 4.69) is 37.9 Å². The number of nitrogens with zero attached hydrogens (tertiary/aromatic N) is 1. The van der Waals surface area contributed by atoms with E-state index in [-0.39, 0.29) is 6.04 Å². The molecule has 2 fully saturated rings. The second-order valence-electron chi connectivity index (χ2n) is 7.63. The first-order chi connectivity index (χ1) is 9.75. The third kappa shape index (κ3) is 4.20. The van der Waals surface area contributed by atoms with E-state index in [1.54, 1.807) is 0 Å². The maximum absolute atomic E-state index is 11.7. The zero-order valence-corrected chi connectivity index (χ0v) is 14.9. The molecule has 21 heavy (non-hydrogen) atoms. The minimum Gasteiger partial charge on any atom is -0.313 e. The maximum Gasteiger partial charge on any atom is 0.153 e. The zero-order valence-electron chi connectivity index (χ0n) is 14.1. The zero-order chi connectivity index (χ0) is 15.7. The highest BCUT2D eigenvalue weighted by Gasteiger charge is 2.40. The Balaban J connectivity index is 2.03. The molecule has 1 saturated carbocycles. The lowest BCUT2D eigenvalue weighted by atomic mass is 9.67. The highest BCUT2D eigenvalue weighted by Crippen LogP contribution is 2.39. The molecule has 1 saturated heterocycles. The molecule has 0 radical (unpaired) electrons. The molecule has 0 aromatic carbocycles. The van der Waals surface area contributed by atoms with Crippen molar-refractivity contribution in [2.24, 2.45) is 11.3 Å². The van der Waals surface area contributed by atoms with Crippen molar-refractivity contribution in [3.8, 4) is 0 Å². The average Bonchev–Trinajstić information content (AvgIpc) is 2.36. The first-order valence-corrected chi connectivity index (χ1v) is 10.2. The van der Waals surface area contributed by atoms with Gasteiger partial charge in [0, 0.05) is 25.2 Å². The maximum atomic E-state index is 11.7. The van der Waals surface area contributed by atoms with Crippen LogP contribution in [0.4, 0.5) is 0 Å². The Hall–Kier alpha value is -0.130. The molecular weight excluding hydrogens is 284 g/mol. The molecule has 0 aromatic rings. The minimum absolute atomic E-state index is 0.163. The second kappa shape index (κ2) is 6.55. The SMILES string of the molecule is CCNC1C(CN2CCS(=O)(=O)CC2C)CCCC1(C)C. The Labute approximate surface area is 130 Å². The van der Waals surface area contributed by atoms with Crippen molar-refractivity contribution in [2.45, 2.75) is 59.0 Å². The standard InChI is InChI=1S/C16H32N2O2S/c1-5-17-15-14(7-6-8-16(15,3)4)11-18-9-10-21(19,20)12-13(18)2/h13-15,17H,5-12H2,1-4H3. The van der Waals surface area contributed by atoms with Crippen molar-refractivity contribution in [1.82, 2.24) is 10.2 Å². The lowest BCUT2D eigenvalue weighted by molar-refractivity contribution is 0.0714. The molecule has 2 rings (SSSR count). The van der Waals surface area contributed by atoms with E-state index in [1.165, 1.54) is 19.3 Å². The first kappa shape index (κ1) is 17.2. The number of hydrogen-bond donors (Lipinski definition) is 1. The van der Waals surface area contributed by atoms with Gasteiger partial charge in [0.25, 0.3) is 0 Å². The Morgan fingerprint density at radius 1 is 1.33 bits per heavy atom. The number of rotatable bonds is 4. The van der Waals surface area contributed by atoms with Crippen molar-refractivity contribution >= 4 is 9.84 Å². The summed E-state index contributed by atoms with van der Waals surface area (Å²) in [4.78, 5) is 2.40. The van der Waals surface area contributed by atoms with Gasteiger partial charge in [-0.3, -0.25) is 4.90 Å². The molecule has 1 N–H and O–H groups in total. The molecule has 0 aromatic heterocycles. The van der Waals surface area contributed by atoms with Crippen molar-refractivity contribution < 1.29 is 8.42 Å². The van der Waals surface area contributed by atoms with Crippen LogP contribution in [0.3, 0.4) is 0 Å². The van der Waals surface area contributed by atoms with Gasteiger partial charge < -0.3 is 5.32 Å². The molecule has 124 valence electrons. The molecule has 2 aliphatic rings. The molecule has 3 atom stereocenters. The normalized spacial score (nSPS) is 36.5. The molecule has 1 heterocycles. The Bertz CT molecular complexity index is 447. The Morgan fingerprint density at radius 2 is 2.05 bits per heavy atom. The first-order valence-electron chi connectivity index (χ1n) is 8.43. The summed E-state index contributed by atoms with van der Waals surface area (Å²) in [5.41, 5.74) is 0.337. The molecule has 1 aliphatic carbocycles. The van der Waals surface area contributed by atoms with Crippen LogP contribution in [-0.4, -0.2) is 56.5 Å². The van der Waals surface area contributed by atoms with Gasteiger partial charge >= 0.3 is 0 Å². The molecule has 0 bridgehead atoms. The van der Waals surface area contributed by atoms with Gasteiger partial charge in [-0.1, -0.05) is 27.2 Å². The van der Waals surface area contributed by atoms with Gasteiger partial charge in [-0.25, -0.2) is 8.42 Å². The van der Waals surface area contributed by atoms with Crippen LogP contribution in [-0.2, 0) is 9.84 Å². The monoisotopic (exact) mass is 316 g/mol. The van der Waals surface area contributed by atoms with Crippen LogP contribution in [0.25, 0.3) is 0 Å². The summed E-state index contributed by atoms with van der Waals surface area (Å²) in [5.74, 6) is 1.30. The van der Waals surface area contributed by atoms with Crippen LogP contribution < -0.4 is 5.32 Å². The number of hydrogen-bond acceptors (Lipinski definition) is 4. The summed E-state index contributed by atoms with van der Waals surface area (Å²) >= 11 is 0. The van der Waals surface area contributed by atoms with Gasteiger partial charge in [0.2, 0.25) is 0 Å². The highest BCUT2D eigenvalue weighted by atomic mass is 32.2. The van der Waals surface area contributed by atoms with Crippen LogP contribution in [0.15, 0.2) is 0 Å². The Kier molecular flexibility index (Phi) is 5.37. The molecular formula is C16H32N2O2S. The minimum atomic E-state index is -2.81. The van der Waals surface area contributed by atoms with E-state index in [9.17, 15) is 8.42 Å². The average molecular weight is 317 g/mol. The highest BCUT2D eigenvalue weighted by molar-refractivity contribution is 7.91. The largest absolute Gasteiger partial charge is 0.313 e. The summed E-state index contributed by atoms with van der Waals surface area (Å²) in [5, 5.41) is 3.70. The predicted octanol–water partition coefficient (Wildman–Crippen LogP) is 1.91. The summed E-state index contributed by atoms with van der Waals surface area (Å²) in [6, 6.07) is 0.707. The molecule has 1 aliphatic heterocycles. The van der Waals surface area contributed by atoms with Crippen molar-refractivity contribution in [2.75, 3.05) is 31.1 Å². The van der Waals surface area contributed by atoms with E-state index >= 15 is 0 Å². The molecule has 3 unspecified atom stereocenters. The molecule has 5 heteroatoms. The molecule has 4 nitrogen and oxygen atoms in total. The third-order valence-electron chi connectivity index (χ3n) is 5.41. The van der Waals surface area contributed by atoms with Gasteiger partial charge in [0.15, 0.2) is 9.84 Å². The van der Waals surface area contributed by atoms with Crippen molar-refractivity contribution in [3.05, 3.63) is 0 Å². The van der Waals surface area contributed by atoms with Crippen LogP contribution in [0.2, 0.25) is 0 Å². The van der Waals surface area contributed by atoms with Crippen LogP contribution >= 0.6 is 0 Å². The van der Waals surface area contributed by atoms with Crippen LogP contribution in [0.1, 0.15) is 47.0 Å². The summed E-state index contributed by atoms with van der Waals surface area (Å²) < 4.78 is 23.5. The van der Waals surface area contributed by atoms with Gasteiger partial charge in [-0.15, -0.1) is 0 Å². The van der Waals surface area contributed by atoms with Gasteiger partial charge in [-0.05, 0) is 37.6 Å². The quantitative estimate of drug-likeness (QED) is 0.861. The third-order valence-corrected chi connectivity index (χ3v) is 7.21. The fourth-order valence-corrected chi connectivity index (χ4v) is 5.87. The Morgan fingerprint density at radius 3 is 2.67 bits per heavy atom. The van der Waals surface area contributed by atoms with Gasteiger partial charge in [-0.2, -0.15) is 0 Å². The predicted molar refractivity (Wildman–Crippen MR) is 88.3 cm³/mol. The van der Waals surface area contributed by atoms with Crippen molar-refractivity contribution in [3.63, 3.8) is 0 Å². The number of sulfone groups is 1. The summed E-state index contributed by atoms with van der Waals surface area (Å²) in [6.45, 7) is 11.7. The summed E-state index contributed by atoms with van der Waals surface area (Å²) in [6.07, 6.45) is 3.84. The van der Waals surface area contributed by atoms with Gasteiger partial charge in [0.05, 0.1) is 11.5 Å². The lowest BCUT2D eigenvalue weighted by Gasteiger charge is -2.47. The van der Waals surface area contributed by atoms with Crippen molar-refractivity contribution in [1.29, 1.82) is 0 Å². The fourth-order valence-electron chi connectivity index (χ4n) is 4.25. The van der Waals surface area contributed by atoms with E-state index in [1.807, 2.05) is 0 Å². The topological polar surface area (TPSA) is 49.4 Å². The van der Waals surface area contributed by atoms with E-state index < -0.39 is 9.84 Å². The van der Waals surface area contributed by atoms with Crippen LogP contribution in [0, 0.1) is 11.3 Å². The fraction of sp³-hybridized carbons (Fsp3) is 1.00. The van der Waals surface area contributed by atoms with E-state index in [4.69, 9.17) is 0 Å². The lowest BCUT2D eigenvalue weighted by Crippen LogP contribution is -2.56. The molecule has 0 amide bonds. The summed E-state index contributed by atoms with van der Waals surface area (Å²) in [7, 11) is -2.81. The van der Waals surface area contributed by atoms with Crippen LogP contribution in [0.5, 0.6) is 0 Å². The van der Waals surface area contributed by atoms with E-state index in [0.29, 0.717) is 35.4 Å². The van der Waals surface area contributed by atoms with E-state index in [0.717, 1.165) is 13.1 Å². The molecule has 0 spiro atoms. The van der Waals surface area contributed by atoms with Gasteiger partial charge in [0.1, 0.15) is 0 Å². The number of nitrogens with one attached hydrogen (secondary N) is 1. The second-order valence-corrected chi connectivity index (χ2v) is 9.86. The smallest absolute Gasteiger partial charge is 0.153 e.